The van der Waals surface area contributed by atoms with Crippen LogP contribution in [-0.2, 0) is 40.8 Å². The summed E-state index contributed by atoms with van der Waals surface area (Å²) in [5.41, 5.74) is -1.88. The molecule has 0 unspecified atom stereocenters. The summed E-state index contributed by atoms with van der Waals surface area (Å²) in [6.07, 6.45) is 0.0679. The van der Waals surface area contributed by atoms with Gasteiger partial charge in [-0.15, -0.1) is 0 Å². The Hall–Kier alpha value is -6.42. The summed E-state index contributed by atoms with van der Waals surface area (Å²) >= 11 is 6.62. The predicted molar refractivity (Wildman–Crippen MR) is 212 cm³/mol. The van der Waals surface area contributed by atoms with Crippen LogP contribution in [-0.4, -0.2) is 64.6 Å². The molecule has 1 saturated carbocycles. The Morgan fingerprint density at radius 1 is 1.03 bits per heavy atom. The van der Waals surface area contributed by atoms with Crippen LogP contribution in [0.25, 0.3) is 39.0 Å². The first-order chi connectivity index (χ1) is 29.3. The van der Waals surface area contributed by atoms with Crippen LogP contribution in [0.2, 0.25) is 5.02 Å². The highest BCUT2D eigenvalue weighted by molar-refractivity contribution is 7.92. The number of aryl methyl sites for hydroxylation is 2. The first-order valence-electron chi connectivity index (χ1n) is 18.7. The molecule has 15 nitrogen and oxygen atoms in total. The quantitative estimate of drug-likeness (QED) is 0.142. The van der Waals surface area contributed by atoms with Gasteiger partial charge in [-0.3, -0.25) is 38.2 Å². The largest absolute Gasteiger partial charge is 0.344 e. The highest BCUT2D eigenvalue weighted by Gasteiger charge is 2.67. The number of pyridine rings is 1. The number of halogens is 7. The van der Waals surface area contributed by atoms with Crippen molar-refractivity contribution in [3.63, 3.8) is 0 Å². The molecule has 9 rings (SSSR count). The third-order valence-corrected chi connectivity index (χ3v) is 11.7. The van der Waals surface area contributed by atoms with E-state index in [1.807, 2.05) is 0 Å². The van der Waals surface area contributed by atoms with Gasteiger partial charge < -0.3 is 5.32 Å². The van der Waals surface area contributed by atoms with Crippen molar-refractivity contribution in [1.82, 2.24) is 49.4 Å². The number of alkyl halides is 4. The van der Waals surface area contributed by atoms with Gasteiger partial charge >= 0.3 is 0 Å². The van der Waals surface area contributed by atoms with E-state index in [1.54, 1.807) is 6.92 Å². The lowest BCUT2D eigenvalue weighted by atomic mass is 10.0. The summed E-state index contributed by atoms with van der Waals surface area (Å²) in [6, 6.07) is 6.65. The molecule has 2 N–H and O–H groups in total. The molecule has 2 aromatic carbocycles. The molecule has 5 aromatic heterocycles. The molecule has 2 aliphatic carbocycles. The number of benzene rings is 2. The van der Waals surface area contributed by atoms with Crippen molar-refractivity contribution in [1.29, 1.82) is 0 Å². The lowest BCUT2D eigenvalue weighted by Gasteiger charge is -2.24. The number of nitrogens with one attached hydrogen (secondary N) is 2. The molecule has 0 spiro atoms. The van der Waals surface area contributed by atoms with E-state index in [2.05, 4.69) is 35.2 Å². The summed E-state index contributed by atoms with van der Waals surface area (Å²) in [6.45, 7) is 0.678. The topological polar surface area (TPSA) is 184 Å². The zero-order valence-electron chi connectivity index (χ0n) is 32.3. The number of rotatable bonds is 11. The number of aromatic nitrogens is 9. The van der Waals surface area contributed by atoms with Crippen molar-refractivity contribution >= 4 is 55.3 Å². The Bertz CT molecular complexity index is 3190. The number of carbonyl (C=O) groups excluding carboxylic acids is 1. The number of carbonyl (C=O) groups is 1. The van der Waals surface area contributed by atoms with Gasteiger partial charge in [-0.2, -0.15) is 19.0 Å². The number of hydrogen-bond acceptors (Lipinski definition) is 10. The van der Waals surface area contributed by atoms with Crippen molar-refractivity contribution in [3.8, 4) is 17.1 Å². The van der Waals surface area contributed by atoms with E-state index in [-0.39, 0.29) is 67.5 Å². The highest BCUT2D eigenvalue weighted by Crippen LogP contribution is 2.68. The second-order valence-electron chi connectivity index (χ2n) is 15.1. The van der Waals surface area contributed by atoms with Gasteiger partial charge in [0.25, 0.3) is 17.9 Å². The minimum atomic E-state index is -3.92. The average molecular weight is 898 g/mol. The summed E-state index contributed by atoms with van der Waals surface area (Å²) in [7, 11) is -2.48. The Morgan fingerprint density at radius 2 is 1.76 bits per heavy atom. The van der Waals surface area contributed by atoms with Crippen molar-refractivity contribution in [3.05, 3.63) is 116 Å². The third kappa shape index (κ3) is 6.99. The first kappa shape index (κ1) is 41.0. The predicted octanol–water partition coefficient (Wildman–Crippen LogP) is 6.18. The number of fused-ring (bicyclic) bond motifs is 5. The second-order valence-corrected chi connectivity index (χ2v) is 17.2. The molecular weight excluding hydrogens is 868 g/mol. The smallest absolute Gasteiger partial charge is 0.293 e. The minimum absolute atomic E-state index is 0.0123. The van der Waals surface area contributed by atoms with Gasteiger partial charge in [0.1, 0.15) is 41.1 Å². The van der Waals surface area contributed by atoms with Crippen LogP contribution in [0.1, 0.15) is 58.8 Å². The fourth-order valence-electron chi connectivity index (χ4n) is 8.25. The van der Waals surface area contributed by atoms with Crippen LogP contribution in [0.15, 0.2) is 59.7 Å². The number of sulfonamides is 1. The van der Waals surface area contributed by atoms with Crippen molar-refractivity contribution < 1.29 is 39.6 Å². The second kappa shape index (κ2) is 14.6. The molecule has 5 heterocycles. The zero-order valence-corrected chi connectivity index (χ0v) is 33.9. The monoisotopic (exact) mass is 897 g/mol. The van der Waals surface area contributed by atoms with Crippen LogP contribution in [0.5, 0.6) is 0 Å². The van der Waals surface area contributed by atoms with E-state index in [1.165, 1.54) is 48.4 Å². The Kier molecular flexibility index (Phi) is 9.65. The van der Waals surface area contributed by atoms with E-state index in [4.69, 9.17) is 16.6 Å². The maximum Gasteiger partial charge on any atom is 0.293 e. The Balaban J connectivity index is 1.26. The fraction of sp³-hybridized carbons (Fsp3) is 0.282. The van der Waals surface area contributed by atoms with E-state index in [0.29, 0.717) is 22.1 Å². The summed E-state index contributed by atoms with van der Waals surface area (Å²) < 4.78 is 119. The zero-order chi connectivity index (χ0) is 44.2. The molecule has 0 radical (unpaired) electrons. The first-order valence-corrected chi connectivity index (χ1v) is 20.9. The van der Waals surface area contributed by atoms with Gasteiger partial charge in [0.05, 0.1) is 50.7 Å². The summed E-state index contributed by atoms with van der Waals surface area (Å²) in [4.78, 5) is 47.0. The van der Waals surface area contributed by atoms with Gasteiger partial charge in [0.15, 0.2) is 11.5 Å². The lowest BCUT2D eigenvalue weighted by Crippen LogP contribution is -2.38. The van der Waals surface area contributed by atoms with Gasteiger partial charge in [-0.25, -0.2) is 35.9 Å². The number of hydrogen-bond donors (Lipinski definition) is 2. The van der Waals surface area contributed by atoms with Crippen LogP contribution < -0.4 is 15.6 Å². The molecule has 3 atom stereocenters. The number of amides is 1. The molecule has 0 bridgehead atoms. The highest BCUT2D eigenvalue weighted by atomic mass is 35.5. The van der Waals surface area contributed by atoms with E-state index >= 15 is 8.78 Å². The summed E-state index contributed by atoms with van der Waals surface area (Å²) in [5, 5.41) is 10.6. The van der Waals surface area contributed by atoms with Crippen LogP contribution >= 0.6 is 11.6 Å². The molecular formula is C39H30ClF6N11O4S. The number of anilines is 1. The SMILES string of the molecule is Cc1nccnc1-c1ccc2c(=O)n(-c3ccc(Cl)c4c(NS(C)(=O)=O)nn(C)c34)c([C@H](Cc3cc(F)cc(F)c3)NC(=O)Cn3nc(C(F)F)c4c3C(F)(F)[C@@H]3C[C@H]43)nc2n1. The number of nitrogens with zero attached hydrogens (tertiary/aromatic N) is 9. The van der Waals surface area contributed by atoms with Gasteiger partial charge in [-0.1, -0.05) is 11.6 Å². The maximum atomic E-state index is 15.5. The van der Waals surface area contributed by atoms with Gasteiger partial charge in [0, 0.05) is 43.4 Å². The van der Waals surface area contributed by atoms with Crippen LogP contribution in [0, 0.1) is 24.5 Å². The standard InChI is InChI=1S/C39H30ClF6N11O4S/c1-16-30(48-9-8-47-16)24-6-4-20-35(50-24)51-37(57(38(20)59)26-7-5-23(40)29-32(26)55(2)53-36(29)54-62(3,60)61)25(12-17-10-18(41)13-19(42)11-17)49-27(58)15-56-33-28(31(52-56)34(43)44)21-14-22(21)39(33,45)46/h4-11,13,21-22,25,34H,12,14-15H2,1-3H3,(H,49,58)(H,53,54)/t21-,22+,25-/m0/s1. The molecule has 23 heteroatoms. The van der Waals surface area contributed by atoms with E-state index in [9.17, 15) is 35.6 Å². The molecule has 0 aliphatic heterocycles. The molecule has 1 amide bonds. The third-order valence-electron chi connectivity index (χ3n) is 10.8. The van der Waals surface area contributed by atoms with Crippen molar-refractivity contribution in [2.75, 3.05) is 11.0 Å². The van der Waals surface area contributed by atoms with Gasteiger partial charge in [-0.05, 0) is 61.2 Å². The Labute approximate surface area is 350 Å². The lowest BCUT2D eigenvalue weighted by molar-refractivity contribution is -0.123. The molecule has 0 saturated heterocycles. The van der Waals surface area contributed by atoms with Crippen LogP contribution in [0.4, 0.5) is 32.2 Å². The normalized spacial score (nSPS) is 17.1. The van der Waals surface area contributed by atoms with Crippen LogP contribution in [0.3, 0.4) is 0 Å². The minimum Gasteiger partial charge on any atom is -0.344 e. The van der Waals surface area contributed by atoms with Gasteiger partial charge in [0.2, 0.25) is 15.9 Å². The fourth-order valence-corrected chi connectivity index (χ4v) is 8.99. The average Bonchev–Trinajstić information content (AvgIpc) is 3.73. The van der Waals surface area contributed by atoms with Crippen molar-refractivity contribution in [2.45, 2.75) is 50.6 Å². The maximum absolute atomic E-state index is 15.5. The van der Waals surface area contributed by atoms with Crippen molar-refractivity contribution in [2.24, 2.45) is 13.0 Å². The molecule has 320 valence electrons. The molecule has 2 aliphatic rings. The summed E-state index contributed by atoms with van der Waals surface area (Å²) in [5.74, 6) is -9.20. The molecule has 7 aromatic rings. The Morgan fingerprint density at radius 3 is 2.45 bits per heavy atom. The van der Waals surface area contributed by atoms with E-state index < -0.39 is 87.7 Å². The van der Waals surface area contributed by atoms with E-state index in [0.717, 1.165) is 23.0 Å². The molecule has 1 fully saturated rings. The molecule has 62 heavy (non-hydrogen) atoms.